The van der Waals surface area contributed by atoms with Gasteiger partial charge in [-0.25, -0.2) is 75.2 Å². The van der Waals surface area contributed by atoms with Crippen LogP contribution < -0.4 is 11.0 Å². The molecule has 8 N–H and O–H groups in total. The van der Waals surface area contributed by atoms with Crippen molar-refractivity contribution in [3.63, 3.8) is 0 Å². The molecule has 1 aliphatic heterocycles. The number of aromatic nitrogens is 12. The van der Waals surface area contributed by atoms with E-state index in [0.29, 0.717) is 77.1 Å². The van der Waals surface area contributed by atoms with Gasteiger partial charge in [-0.05, 0) is 145 Å². The molecule has 8 aromatic carbocycles. The second-order valence-electron chi connectivity index (χ2n) is 35.8. The number of halogens is 1. The summed E-state index contributed by atoms with van der Waals surface area (Å²) in [5.74, 6) is 1.35. The molecule has 2 amide bonds. The van der Waals surface area contributed by atoms with Gasteiger partial charge in [0.05, 0.1) is 33.4 Å². The van der Waals surface area contributed by atoms with Crippen molar-refractivity contribution in [3.05, 3.63) is 406 Å². The number of rotatable bonds is 32. The number of aliphatic hydroxyl groups is 4. The molecule has 0 atom stereocenters. The summed E-state index contributed by atoms with van der Waals surface area (Å²) in [4.78, 5) is 120. The molecule has 3 saturated carbocycles. The van der Waals surface area contributed by atoms with E-state index in [9.17, 15) is 33.2 Å². The van der Waals surface area contributed by atoms with Gasteiger partial charge in [0.25, 0.3) is 11.8 Å². The van der Waals surface area contributed by atoms with Crippen molar-refractivity contribution in [2.24, 2.45) is 0 Å². The SMILES string of the molecule is CCC(CC)(Cc1ncc(C(=O)NO)cn1)c1ccccc1.Cc1ccc(C2(Cc3ncc(C(=O)CO)cn3)CC2)cc1.O=C(CO)c1cnc(CC2(c3ccc(F)cc3)CCCCC2)nc1.O=C(CO)c1cnc(CC2(c3ccccc3)CCOCC2)nc1.O=C(CO)c1cnc(CCc2ccc(-c3ccccc3)cc2)nc1.O=C(NO)c1cnc(CC2(c3ccc(-c4ccccc4)cc3)CC2)nc1. The topological polar surface area (TPSA) is 412 Å². The van der Waals surface area contributed by atoms with Crippen LogP contribution in [0.4, 0.5) is 4.39 Å². The Kier molecular flexibility index (Phi) is 36.9. The first-order valence-corrected chi connectivity index (χ1v) is 47.2. The normalized spacial score (nSPS) is 14.3. The van der Waals surface area contributed by atoms with Gasteiger partial charge in [-0.2, -0.15) is 0 Å². The van der Waals surface area contributed by atoms with Gasteiger partial charge in [0, 0.05) is 153 Å². The van der Waals surface area contributed by atoms with Crippen molar-refractivity contribution >= 4 is 34.9 Å². The average Bonchev–Trinajstić information content (AvgIpc) is 1.61. The smallest absolute Gasteiger partial charge is 0.277 e. The summed E-state index contributed by atoms with van der Waals surface area (Å²) in [6, 6.07) is 74.0. The standard InChI is InChI=1S/C21H19N3O2.C20H18N2O2.C19H21FN2O2.C18H20N2O3.C17H21N3O2.C17H18N2O2/c25-20(24-26)17-13-22-19(23-14-17)12-21(10-11-21)18-8-6-16(7-9-18)15-4-2-1-3-5-15;23-14-19(24)18-12-21-20(22-13-18)11-8-15-6-9-17(10-7-15)16-4-2-1-3-5-16;20-16-6-4-15(5-7-16)19(8-2-1-3-9-19)10-18-21-11-14(12-22-18)17(24)13-23;21-13-16(22)14-11-19-17(20-12-14)10-18(6-8-23-9-7-18)15-4-2-1-3-5-15;1-3-17(4-2,14-8-6-5-7-9-14)10-15-18-11-13(12-19-15)16(21)20-22;1-12-2-4-14(5-3-12)17(6-7-17)8-16-18-9-13(10-19-16)15(21)11-20/h1-9,13-14,26H,10-12H2,(H,24,25);1-7,9-10,12-13,23H,8,11,14H2;4-7,11-12,23H,1-3,8-10,13H2;1-5,11-12,21H,6-10,13H2;5-9,11-12,22H,3-4,10H2,1-2H3,(H,20,21);2-5,9-10,20H,6-8,11H2,1H3. The maximum atomic E-state index is 13.3. The van der Waals surface area contributed by atoms with Crippen LogP contribution >= 0.6 is 0 Å². The number of hydrogen-bond acceptors (Lipinski definition) is 25. The van der Waals surface area contributed by atoms with E-state index in [-0.39, 0.29) is 67.2 Å². The van der Waals surface area contributed by atoms with Crippen LogP contribution in [0.15, 0.2) is 293 Å². The minimum Gasteiger partial charge on any atom is -0.388 e. The number of hydrogen-bond donors (Lipinski definition) is 8. The Morgan fingerprint density at radius 2 is 0.621 bits per heavy atom. The molecule has 6 aromatic heterocycles. The Hall–Kier alpha value is -14.5. The number of carbonyl (C=O) groups is 6. The highest BCUT2D eigenvalue weighted by molar-refractivity contribution is 5.98. The molecule has 4 aliphatic rings. The molecule has 4 fully saturated rings. The number of ketones is 4. The summed E-state index contributed by atoms with van der Waals surface area (Å²) >= 11 is 0. The summed E-state index contributed by atoms with van der Waals surface area (Å²) in [5, 5.41) is 52.7. The molecule has 0 unspecified atom stereocenters. The maximum Gasteiger partial charge on any atom is 0.277 e. The lowest BCUT2D eigenvalue weighted by atomic mass is 9.67. The van der Waals surface area contributed by atoms with E-state index in [2.05, 4.69) is 214 Å². The molecule has 14 aromatic rings. The maximum absolute atomic E-state index is 13.3. The van der Waals surface area contributed by atoms with Gasteiger partial charge >= 0.3 is 0 Å². The van der Waals surface area contributed by atoms with E-state index in [4.69, 9.17) is 35.6 Å². The molecule has 18 rings (SSSR count). The minimum absolute atomic E-state index is 0.0119. The van der Waals surface area contributed by atoms with Crippen molar-refractivity contribution in [1.29, 1.82) is 0 Å². The lowest BCUT2D eigenvalue weighted by Gasteiger charge is -2.37. The lowest BCUT2D eigenvalue weighted by molar-refractivity contribution is 0.0493. The van der Waals surface area contributed by atoms with Crippen LogP contribution in [0.3, 0.4) is 0 Å². The highest BCUT2D eigenvalue weighted by atomic mass is 19.1. The van der Waals surface area contributed by atoms with Crippen molar-refractivity contribution in [2.45, 2.75) is 176 Å². The van der Waals surface area contributed by atoms with Crippen molar-refractivity contribution in [3.8, 4) is 22.3 Å². The van der Waals surface area contributed by atoms with Crippen LogP contribution in [0.5, 0.6) is 0 Å². The van der Waals surface area contributed by atoms with Gasteiger partial charge in [-0.1, -0.05) is 245 Å². The third-order valence-corrected chi connectivity index (χ3v) is 26.8. The predicted octanol–water partition coefficient (Wildman–Crippen LogP) is 16.9. The zero-order valence-corrected chi connectivity index (χ0v) is 78.9. The fourth-order valence-electron chi connectivity index (χ4n) is 17.8. The van der Waals surface area contributed by atoms with Gasteiger partial charge in [0.1, 0.15) is 67.2 Å². The fourth-order valence-corrected chi connectivity index (χ4v) is 17.8. The molecule has 28 heteroatoms. The molecular formula is C112H117FN14O13. The van der Waals surface area contributed by atoms with Gasteiger partial charge in [-0.15, -0.1) is 0 Å². The zero-order chi connectivity index (χ0) is 98.8. The molecule has 0 bridgehead atoms. The number of nitrogens with one attached hydrogen (secondary N) is 2. The molecule has 0 spiro atoms. The summed E-state index contributed by atoms with van der Waals surface area (Å²) in [5.41, 5.74) is 18.8. The molecule has 720 valence electrons. The van der Waals surface area contributed by atoms with E-state index in [1.165, 1.54) is 149 Å². The minimum atomic E-state index is -0.605. The number of aryl methyl sites for hydroxylation is 3. The quantitative estimate of drug-likeness (QED) is 0.0110. The van der Waals surface area contributed by atoms with E-state index in [0.717, 1.165) is 121 Å². The molecule has 3 aliphatic carbocycles. The number of hydroxylamine groups is 2. The van der Waals surface area contributed by atoms with Crippen molar-refractivity contribution in [2.75, 3.05) is 39.6 Å². The van der Waals surface area contributed by atoms with Crippen molar-refractivity contribution in [1.82, 2.24) is 70.8 Å². The van der Waals surface area contributed by atoms with E-state index < -0.39 is 38.2 Å². The van der Waals surface area contributed by atoms with E-state index in [1.807, 2.05) is 72.8 Å². The Labute approximate surface area is 813 Å². The van der Waals surface area contributed by atoms with Crippen LogP contribution in [0.25, 0.3) is 22.3 Å². The average molecular weight is 1890 g/mol. The third kappa shape index (κ3) is 28.0. The Morgan fingerprint density at radius 1 is 0.329 bits per heavy atom. The summed E-state index contributed by atoms with van der Waals surface area (Å²) < 4.78 is 18.8. The number of carbonyl (C=O) groups excluding carboxylic acids is 6. The highest BCUT2D eigenvalue weighted by Crippen LogP contribution is 2.52. The molecule has 7 heterocycles. The first kappa shape index (κ1) is 103. The fraction of sp³-hybridized carbons (Fsp3) is 0.304. The summed E-state index contributed by atoms with van der Waals surface area (Å²) in [6.07, 6.45) is 36.7. The molecule has 140 heavy (non-hydrogen) atoms. The molecular weight excluding hydrogens is 1770 g/mol. The summed E-state index contributed by atoms with van der Waals surface area (Å²) in [6.45, 7) is 5.81. The van der Waals surface area contributed by atoms with Crippen LogP contribution in [0.1, 0.15) is 233 Å². The number of ether oxygens (including phenoxy) is 1. The number of amides is 2. The van der Waals surface area contributed by atoms with Crippen LogP contribution in [-0.2, 0) is 76.8 Å². The van der Waals surface area contributed by atoms with E-state index >= 15 is 0 Å². The van der Waals surface area contributed by atoms with Gasteiger partial charge < -0.3 is 25.2 Å². The third-order valence-electron chi connectivity index (χ3n) is 26.8. The lowest BCUT2D eigenvalue weighted by Crippen LogP contribution is -2.36. The monoisotopic (exact) mass is 1880 g/mol. The Balaban J connectivity index is 0.000000142. The van der Waals surface area contributed by atoms with E-state index in [1.54, 1.807) is 11.0 Å². The summed E-state index contributed by atoms with van der Waals surface area (Å²) in [7, 11) is 0. The first-order chi connectivity index (χ1) is 68.1. The second kappa shape index (κ2) is 50.2. The Morgan fingerprint density at radius 3 is 0.971 bits per heavy atom. The van der Waals surface area contributed by atoms with Gasteiger partial charge in [0.2, 0.25) is 0 Å². The number of nitrogens with zero attached hydrogens (tertiary/aromatic N) is 12. The number of aliphatic hydroxyl groups excluding tert-OH is 4. The molecule has 27 nitrogen and oxygen atoms in total. The predicted molar refractivity (Wildman–Crippen MR) is 527 cm³/mol. The van der Waals surface area contributed by atoms with Crippen molar-refractivity contribution < 1.29 is 68.7 Å². The van der Waals surface area contributed by atoms with Gasteiger partial charge in [0.15, 0.2) is 23.1 Å². The van der Waals surface area contributed by atoms with Gasteiger partial charge in [-0.3, -0.25) is 39.2 Å². The molecule has 1 saturated heterocycles. The van der Waals surface area contributed by atoms with Crippen LogP contribution in [0, 0.1) is 12.7 Å². The number of benzene rings is 8. The molecule has 0 radical (unpaired) electrons. The first-order valence-electron chi connectivity index (χ1n) is 47.2. The van der Waals surface area contributed by atoms with Crippen LogP contribution in [0.2, 0.25) is 0 Å². The second-order valence-corrected chi connectivity index (χ2v) is 35.8. The van der Waals surface area contributed by atoms with Crippen LogP contribution in [-0.4, -0.2) is 165 Å². The largest absolute Gasteiger partial charge is 0.388 e. The number of Topliss-reactive ketones (excluding diaryl/α,β-unsaturated/α-hetero) is 4. The highest BCUT2D eigenvalue weighted by Gasteiger charge is 2.46. The zero-order valence-electron chi connectivity index (χ0n) is 78.9. The Bertz CT molecular complexity index is 6290.